The molecule has 2 fully saturated rings. The zero-order chi connectivity index (χ0) is 16.8. The highest BCUT2D eigenvalue weighted by Crippen LogP contribution is 2.50. The lowest BCUT2D eigenvalue weighted by Crippen LogP contribution is -2.35. The molecule has 2 heterocycles. The van der Waals surface area contributed by atoms with Gasteiger partial charge in [0.15, 0.2) is 5.82 Å². The van der Waals surface area contributed by atoms with Crippen LogP contribution in [0.4, 0.5) is 0 Å². The molecule has 0 N–H and O–H groups in total. The molecule has 7 heteroatoms. The van der Waals surface area contributed by atoms with Gasteiger partial charge in [-0.15, -0.1) is 0 Å². The molecule has 0 amide bonds. The highest BCUT2D eigenvalue weighted by Gasteiger charge is 2.55. The Morgan fingerprint density at radius 1 is 1.33 bits per heavy atom. The summed E-state index contributed by atoms with van der Waals surface area (Å²) in [6, 6.07) is 8.64. The van der Waals surface area contributed by atoms with Crippen molar-refractivity contribution in [3.05, 3.63) is 42.0 Å². The predicted octanol–water partition coefficient (Wildman–Crippen LogP) is 2.37. The summed E-state index contributed by atoms with van der Waals surface area (Å²) in [5.41, 5.74) is -0.293. The fraction of sp³-hybridized carbons (Fsp3) is 0.529. The van der Waals surface area contributed by atoms with Crippen LogP contribution in [-0.2, 0) is 21.9 Å². The number of hydrogen-bond donors (Lipinski definition) is 0. The lowest BCUT2D eigenvalue weighted by molar-refractivity contribution is 0.329. The Bertz CT molecular complexity index is 834. The Kier molecular flexibility index (Phi) is 3.73. The zero-order valence-corrected chi connectivity index (χ0v) is 14.5. The Balaban J connectivity index is 1.69. The van der Waals surface area contributed by atoms with Gasteiger partial charge in [-0.2, -0.15) is 9.29 Å². The number of fused-ring (bicyclic) bond motifs is 1. The molecule has 6 nitrogen and oxygen atoms in total. The number of aryl methyl sites for hydroxylation is 1. The first-order valence-corrected chi connectivity index (χ1v) is 9.88. The monoisotopic (exact) mass is 347 g/mol. The van der Waals surface area contributed by atoms with Crippen LogP contribution in [0.25, 0.3) is 0 Å². The minimum Gasteiger partial charge on any atom is -0.339 e. The first-order chi connectivity index (χ1) is 11.6. The van der Waals surface area contributed by atoms with Gasteiger partial charge in [-0.3, -0.25) is 0 Å². The highest BCUT2D eigenvalue weighted by atomic mass is 32.2. The maximum absolute atomic E-state index is 13.0. The molecule has 2 atom stereocenters. The summed E-state index contributed by atoms with van der Waals surface area (Å²) in [4.78, 5) is 4.88. The molecule has 1 aliphatic carbocycles. The van der Waals surface area contributed by atoms with E-state index in [-0.39, 0.29) is 11.3 Å². The molecule has 2 aliphatic rings. The smallest absolute Gasteiger partial charge is 0.243 e. The van der Waals surface area contributed by atoms with E-state index in [2.05, 4.69) is 10.1 Å². The molecule has 1 aromatic carbocycles. The van der Waals surface area contributed by atoms with Gasteiger partial charge in [0.2, 0.25) is 15.9 Å². The molecule has 1 aromatic heterocycles. The van der Waals surface area contributed by atoms with Crippen LogP contribution in [0.5, 0.6) is 0 Å². The molecular weight excluding hydrogens is 326 g/mol. The van der Waals surface area contributed by atoms with E-state index in [1.165, 1.54) is 0 Å². The van der Waals surface area contributed by atoms with E-state index < -0.39 is 10.0 Å². The molecule has 4 rings (SSSR count). The fourth-order valence-electron chi connectivity index (χ4n) is 4.13. The molecule has 24 heavy (non-hydrogen) atoms. The fourth-order valence-corrected chi connectivity index (χ4v) is 5.71. The van der Waals surface area contributed by atoms with Crippen molar-refractivity contribution < 1.29 is 12.9 Å². The molecule has 0 radical (unpaired) electrons. The average molecular weight is 347 g/mol. The summed E-state index contributed by atoms with van der Waals surface area (Å²) >= 11 is 0. The minimum absolute atomic E-state index is 0.262. The lowest BCUT2D eigenvalue weighted by Gasteiger charge is -2.24. The highest BCUT2D eigenvalue weighted by molar-refractivity contribution is 7.89. The van der Waals surface area contributed by atoms with E-state index in [9.17, 15) is 8.42 Å². The predicted molar refractivity (Wildman–Crippen MR) is 87.9 cm³/mol. The van der Waals surface area contributed by atoms with Gasteiger partial charge in [-0.05, 0) is 30.9 Å². The SMILES string of the molecule is CCc1nc(C23CCCC2CN(S(=O)(=O)c2ccccc2)C3)no1. The molecule has 128 valence electrons. The first kappa shape index (κ1) is 15.8. The third kappa shape index (κ3) is 2.29. The largest absolute Gasteiger partial charge is 0.339 e. The average Bonchev–Trinajstić information content (AvgIpc) is 3.29. The van der Waals surface area contributed by atoms with Crippen LogP contribution in [0.1, 0.15) is 37.9 Å². The summed E-state index contributed by atoms with van der Waals surface area (Å²) in [7, 11) is -3.48. The van der Waals surface area contributed by atoms with Crippen molar-refractivity contribution >= 4 is 10.0 Å². The van der Waals surface area contributed by atoms with E-state index in [0.717, 1.165) is 19.3 Å². The summed E-state index contributed by atoms with van der Waals surface area (Å²) < 4.78 is 32.8. The van der Waals surface area contributed by atoms with E-state index in [1.807, 2.05) is 13.0 Å². The third-order valence-corrected chi connectivity index (χ3v) is 7.26. The maximum Gasteiger partial charge on any atom is 0.243 e. The summed E-state index contributed by atoms with van der Waals surface area (Å²) in [5, 5.41) is 4.18. The molecule has 2 aromatic rings. The van der Waals surface area contributed by atoms with Gasteiger partial charge in [0, 0.05) is 19.5 Å². The van der Waals surface area contributed by atoms with Gasteiger partial charge in [-0.25, -0.2) is 8.42 Å². The van der Waals surface area contributed by atoms with Gasteiger partial charge in [0.25, 0.3) is 0 Å². The van der Waals surface area contributed by atoms with Crippen LogP contribution in [0.2, 0.25) is 0 Å². The van der Waals surface area contributed by atoms with Gasteiger partial charge >= 0.3 is 0 Å². The number of benzene rings is 1. The van der Waals surface area contributed by atoms with Crippen molar-refractivity contribution in [1.29, 1.82) is 0 Å². The molecular formula is C17H21N3O3S. The van der Waals surface area contributed by atoms with Crippen LogP contribution in [0.3, 0.4) is 0 Å². The van der Waals surface area contributed by atoms with Crippen LogP contribution in [0.15, 0.2) is 39.8 Å². The Hall–Kier alpha value is -1.73. The molecule has 2 unspecified atom stereocenters. The molecule has 1 saturated heterocycles. The standard InChI is InChI=1S/C17H21N3O3S/c1-2-15-18-16(19-23-15)17-10-6-7-13(17)11-20(12-17)24(21,22)14-8-4-3-5-9-14/h3-5,8-9,13H,2,6-7,10-12H2,1H3. The Morgan fingerprint density at radius 3 is 2.83 bits per heavy atom. The molecule has 1 aliphatic heterocycles. The second-order valence-corrected chi connectivity index (χ2v) is 8.66. The second-order valence-electron chi connectivity index (χ2n) is 6.72. The number of hydrogen-bond acceptors (Lipinski definition) is 5. The second kappa shape index (κ2) is 5.67. The van der Waals surface area contributed by atoms with Crippen molar-refractivity contribution in [2.75, 3.05) is 13.1 Å². The van der Waals surface area contributed by atoms with E-state index in [0.29, 0.717) is 36.1 Å². The van der Waals surface area contributed by atoms with Crippen LogP contribution in [0, 0.1) is 5.92 Å². The summed E-state index contributed by atoms with van der Waals surface area (Å²) in [6.45, 7) is 2.95. The van der Waals surface area contributed by atoms with E-state index in [1.54, 1.807) is 28.6 Å². The Labute approximate surface area is 141 Å². The van der Waals surface area contributed by atoms with E-state index >= 15 is 0 Å². The van der Waals surface area contributed by atoms with Gasteiger partial charge < -0.3 is 4.52 Å². The normalized spacial score (nSPS) is 27.5. The van der Waals surface area contributed by atoms with Crippen LogP contribution < -0.4 is 0 Å². The summed E-state index contributed by atoms with van der Waals surface area (Å²) in [6.07, 6.45) is 3.71. The quantitative estimate of drug-likeness (QED) is 0.849. The number of sulfonamides is 1. The maximum atomic E-state index is 13.0. The molecule has 1 saturated carbocycles. The van der Waals surface area contributed by atoms with Crippen molar-refractivity contribution in [2.45, 2.75) is 42.9 Å². The van der Waals surface area contributed by atoms with E-state index in [4.69, 9.17) is 4.52 Å². The van der Waals surface area contributed by atoms with Crippen LogP contribution in [-0.4, -0.2) is 36.0 Å². The first-order valence-electron chi connectivity index (χ1n) is 8.44. The Morgan fingerprint density at radius 2 is 2.12 bits per heavy atom. The van der Waals surface area contributed by atoms with Crippen molar-refractivity contribution in [3.63, 3.8) is 0 Å². The van der Waals surface area contributed by atoms with Crippen molar-refractivity contribution in [2.24, 2.45) is 5.92 Å². The molecule has 0 bridgehead atoms. The topological polar surface area (TPSA) is 76.3 Å². The zero-order valence-electron chi connectivity index (χ0n) is 13.7. The van der Waals surface area contributed by atoms with Crippen molar-refractivity contribution in [3.8, 4) is 0 Å². The van der Waals surface area contributed by atoms with Gasteiger partial charge in [0.05, 0.1) is 10.3 Å². The van der Waals surface area contributed by atoms with Gasteiger partial charge in [-0.1, -0.05) is 36.7 Å². The minimum atomic E-state index is -3.48. The number of rotatable bonds is 4. The third-order valence-electron chi connectivity index (χ3n) is 5.44. The van der Waals surface area contributed by atoms with Crippen molar-refractivity contribution in [1.82, 2.24) is 14.4 Å². The number of aromatic nitrogens is 2. The van der Waals surface area contributed by atoms with Crippen LogP contribution >= 0.6 is 0 Å². The van der Waals surface area contributed by atoms with Gasteiger partial charge in [0.1, 0.15) is 0 Å². The summed E-state index contributed by atoms with van der Waals surface area (Å²) in [5.74, 6) is 1.57. The number of nitrogens with zero attached hydrogens (tertiary/aromatic N) is 3. The molecule has 0 spiro atoms. The lowest BCUT2D eigenvalue weighted by atomic mass is 9.80.